The molecule has 1 aliphatic heterocycles. The first kappa shape index (κ1) is 13.6. The normalized spacial score (nSPS) is 24.8. The molecule has 3 unspecified atom stereocenters. The van der Waals surface area contributed by atoms with Gasteiger partial charge in [-0.25, -0.2) is 0 Å². The summed E-state index contributed by atoms with van der Waals surface area (Å²) in [5.74, 6) is 2.17. The van der Waals surface area contributed by atoms with Gasteiger partial charge in [-0.05, 0) is 24.3 Å². The zero-order chi connectivity index (χ0) is 11.3. The van der Waals surface area contributed by atoms with Crippen LogP contribution in [0.1, 0.15) is 12.8 Å². The SMILES string of the molecule is OCC(O)C(O)C(O)CC1SCCCS1. The number of hydrogen-bond acceptors (Lipinski definition) is 6. The maximum Gasteiger partial charge on any atom is 0.108 e. The molecule has 3 atom stereocenters. The van der Waals surface area contributed by atoms with E-state index in [4.69, 9.17) is 10.2 Å². The fourth-order valence-corrected chi connectivity index (χ4v) is 4.33. The van der Waals surface area contributed by atoms with Crippen LogP contribution in [0.4, 0.5) is 0 Å². The smallest absolute Gasteiger partial charge is 0.108 e. The summed E-state index contributed by atoms with van der Waals surface area (Å²) < 4.78 is 0.286. The molecule has 0 saturated carbocycles. The van der Waals surface area contributed by atoms with Crippen molar-refractivity contribution < 1.29 is 20.4 Å². The van der Waals surface area contributed by atoms with Gasteiger partial charge in [0.05, 0.1) is 17.3 Å². The summed E-state index contributed by atoms with van der Waals surface area (Å²) in [5.41, 5.74) is 0. The molecule has 1 aliphatic rings. The predicted molar refractivity (Wildman–Crippen MR) is 63.0 cm³/mol. The van der Waals surface area contributed by atoms with Crippen molar-refractivity contribution in [2.75, 3.05) is 18.1 Å². The Kier molecular flexibility index (Phi) is 6.33. The Balaban J connectivity index is 2.29. The first-order chi connectivity index (χ1) is 7.15. The molecule has 0 radical (unpaired) electrons. The highest BCUT2D eigenvalue weighted by Crippen LogP contribution is 2.34. The monoisotopic (exact) mass is 254 g/mol. The molecule has 1 saturated heterocycles. The second kappa shape index (κ2) is 6.98. The molecule has 0 aromatic rings. The van der Waals surface area contributed by atoms with Gasteiger partial charge in [0.25, 0.3) is 0 Å². The van der Waals surface area contributed by atoms with Gasteiger partial charge in [-0.1, -0.05) is 0 Å². The zero-order valence-corrected chi connectivity index (χ0v) is 10.1. The summed E-state index contributed by atoms with van der Waals surface area (Å²) in [4.78, 5) is 0. The van der Waals surface area contributed by atoms with Crippen molar-refractivity contribution in [2.45, 2.75) is 35.7 Å². The molecule has 0 aliphatic carbocycles. The molecule has 4 N–H and O–H groups in total. The largest absolute Gasteiger partial charge is 0.394 e. The second-order valence-corrected chi connectivity index (χ2v) is 6.49. The van der Waals surface area contributed by atoms with Crippen LogP contribution in [-0.2, 0) is 0 Å². The van der Waals surface area contributed by atoms with E-state index in [0.29, 0.717) is 6.42 Å². The van der Waals surface area contributed by atoms with Crippen molar-refractivity contribution in [3.63, 3.8) is 0 Å². The van der Waals surface area contributed by atoms with Crippen LogP contribution in [0.5, 0.6) is 0 Å². The molecule has 1 heterocycles. The van der Waals surface area contributed by atoms with E-state index in [-0.39, 0.29) is 4.58 Å². The van der Waals surface area contributed by atoms with Gasteiger partial charge in [0.1, 0.15) is 12.2 Å². The van der Waals surface area contributed by atoms with E-state index >= 15 is 0 Å². The van der Waals surface area contributed by atoms with Crippen molar-refractivity contribution in [3.8, 4) is 0 Å². The third-order valence-corrected chi connectivity index (χ3v) is 5.30. The van der Waals surface area contributed by atoms with E-state index < -0.39 is 24.9 Å². The fraction of sp³-hybridized carbons (Fsp3) is 1.00. The molecule has 1 rings (SSSR count). The lowest BCUT2D eigenvalue weighted by molar-refractivity contribution is -0.0769. The number of aliphatic hydroxyl groups excluding tert-OH is 4. The second-order valence-electron chi connectivity index (χ2n) is 3.57. The third-order valence-electron chi connectivity index (χ3n) is 2.31. The minimum atomic E-state index is -1.25. The lowest BCUT2D eigenvalue weighted by atomic mass is 10.1. The summed E-state index contributed by atoms with van der Waals surface area (Å²) in [6, 6.07) is 0. The Morgan fingerprint density at radius 2 is 1.67 bits per heavy atom. The fourth-order valence-electron chi connectivity index (χ4n) is 1.37. The first-order valence-corrected chi connectivity index (χ1v) is 7.13. The van der Waals surface area contributed by atoms with Crippen LogP contribution >= 0.6 is 23.5 Å². The maximum atomic E-state index is 9.62. The molecule has 90 valence electrons. The summed E-state index contributed by atoms with van der Waals surface area (Å²) in [7, 11) is 0. The van der Waals surface area contributed by atoms with E-state index in [1.165, 1.54) is 6.42 Å². The van der Waals surface area contributed by atoms with Gasteiger partial charge in [0.2, 0.25) is 0 Å². The van der Waals surface area contributed by atoms with Crippen LogP contribution in [-0.4, -0.2) is 61.4 Å². The van der Waals surface area contributed by atoms with Crippen LogP contribution < -0.4 is 0 Å². The van der Waals surface area contributed by atoms with Crippen LogP contribution in [0.3, 0.4) is 0 Å². The van der Waals surface area contributed by atoms with E-state index in [1.807, 2.05) is 0 Å². The quantitative estimate of drug-likeness (QED) is 0.537. The molecule has 0 spiro atoms. The first-order valence-electron chi connectivity index (χ1n) is 5.03. The van der Waals surface area contributed by atoms with Gasteiger partial charge in [0, 0.05) is 0 Å². The Hall–Kier alpha value is 0.540. The molecule has 0 bridgehead atoms. The molecule has 4 nitrogen and oxygen atoms in total. The highest BCUT2D eigenvalue weighted by Gasteiger charge is 2.27. The van der Waals surface area contributed by atoms with Gasteiger partial charge < -0.3 is 20.4 Å². The Morgan fingerprint density at radius 1 is 1.07 bits per heavy atom. The lowest BCUT2D eigenvalue weighted by Gasteiger charge is -2.27. The summed E-state index contributed by atoms with van der Waals surface area (Å²) in [6.07, 6.45) is -1.83. The van der Waals surface area contributed by atoms with Gasteiger partial charge in [-0.2, -0.15) is 0 Å². The highest BCUT2D eigenvalue weighted by molar-refractivity contribution is 8.17. The molecule has 0 aromatic heterocycles. The van der Waals surface area contributed by atoms with Crippen LogP contribution in [0, 0.1) is 0 Å². The number of rotatable bonds is 5. The van der Waals surface area contributed by atoms with Crippen LogP contribution in [0.15, 0.2) is 0 Å². The Labute approximate surface area is 98.1 Å². The van der Waals surface area contributed by atoms with E-state index in [1.54, 1.807) is 23.5 Å². The van der Waals surface area contributed by atoms with Gasteiger partial charge >= 0.3 is 0 Å². The Bertz CT molecular complexity index is 175. The molecular weight excluding hydrogens is 236 g/mol. The van der Waals surface area contributed by atoms with E-state index in [9.17, 15) is 10.2 Å². The average Bonchev–Trinajstić information content (AvgIpc) is 2.28. The minimum absolute atomic E-state index is 0.286. The number of thioether (sulfide) groups is 2. The van der Waals surface area contributed by atoms with Crippen molar-refractivity contribution >= 4 is 23.5 Å². The highest BCUT2D eigenvalue weighted by atomic mass is 32.2. The van der Waals surface area contributed by atoms with Gasteiger partial charge in [-0.15, -0.1) is 23.5 Å². The molecular formula is C9H18O4S2. The molecule has 1 fully saturated rings. The third kappa shape index (κ3) is 4.50. The van der Waals surface area contributed by atoms with E-state index in [2.05, 4.69) is 0 Å². The molecule has 0 amide bonds. The summed E-state index contributed by atoms with van der Waals surface area (Å²) in [6.45, 7) is -0.525. The zero-order valence-electron chi connectivity index (χ0n) is 8.45. The predicted octanol–water partition coefficient (Wildman–Crippen LogP) is -0.352. The van der Waals surface area contributed by atoms with Crippen molar-refractivity contribution in [2.24, 2.45) is 0 Å². The van der Waals surface area contributed by atoms with Gasteiger partial charge in [-0.3, -0.25) is 0 Å². The van der Waals surface area contributed by atoms with Crippen LogP contribution in [0.25, 0.3) is 0 Å². The minimum Gasteiger partial charge on any atom is -0.394 e. The molecule has 6 heteroatoms. The number of aliphatic hydroxyl groups is 4. The standard InChI is InChI=1S/C9H18O4S2/c10-5-7(12)9(13)6(11)4-8-14-2-1-3-15-8/h6-13H,1-5H2. The van der Waals surface area contributed by atoms with Crippen molar-refractivity contribution in [3.05, 3.63) is 0 Å². The maximum absolute atomic E-state index is 9.62. The topological polar surface area (TPSA) is 80.9 Å². The number of hydrogen-bond donors (Lipinski definition) is 4. The summed E-state index contributed by atoms with van der Waals surface area (Å²) >= 11 is 3.55. The summed E-state index contributed by atoms with van der Waals surface area (Å²) in [5, 5.41) is 36.8. The van der Waals surface area contributed by atoms with E-state index in [0.717, 1.165) is 11.5 Å². The Morgan fingerprint density at radius 3 is 2.20 bits per heavy atom. The van der Waals surface area contributed by atoms with Gasteiger partial charge in [0.15, 0.2) is 0 Å². The van der Waals surface area contributed by atoms with Crippen LogP contribution in [0.2, 0.25) is 0 Å². The van der Waals surface area contributed by atoms with Crippen molar-refractivity contribution in [1.29, 1.82) is 0 Å². The van der Waals surface area contributed by atoms with Crippen molar-refractivity contribution in [1.82, 2.24) is 0 Å². The lowest BCUT2D eigenvalue weighted by Crippen LogP contribution is -2.40. The average molecular weight is 254 g/mol. The molecule has 0 aromatic carbocycles. The molecule has 15 heavy (non-hydrogen) atoms.